The van der Waals surface area contributed by atoms with E-state index in [1.165, 1.54) is 54.7 Å². The summed E-state index contributed by atoms with van der Waals surface area (Å²) in [5.74, 6) is 1.07. The van der Waals surface area contributed by atoms with E-state index in [-0.39, 0.29) is 5.56 Å². The third-order valence-electron chi connectivity index (χ3n) is 4.02. The molecule has 1 saturated carbocycles. The van der Waals surface area contributed by atoms with Gasteiger partial charge in [0, 0.05) is 17.7 Å². The van der Waals surface area contributed by atoms with Crippen LogP contribution >= 0.6 is 23.1 Å². The fraction of sp³-hybridized carbons (Fsp3) is 0.500. The fourth-order valence-corrected chi connectivity index (χ4v) is 4.63. The standard InChI is InChI=1S/C14H16N6OS2/c21-11-6-10(7-22-13-15-8-16-18-13)17-14-20(11)19-12(23-14)9-4-2-1-3-5-9/h6,8-9H,1-5,7H2,(H,15,16,18). The van der Waals surface area contributed by atoms with Gasteiger partial charge in [0.2, 0.25) is 4.96 Å². The molecule has 1 aliphatic carbocycles. The first-order valence-corrected chi connectivity index (χ1v) is 9.47. The van der Waals surface area contributed by atoms with Crippen molar-refractivity contribution >= 4 is 28.1 Å². The number of aromatic nitrogens is 6. The van der Waals surface area contributed by atoms with E-state index in [2.05, 4.69) is 25.3 Å². The van der Waals surface area contributed by atoms with Gasteiger partial charge in [0.15, 0.2) is 5.16 Å². The zero-order valence-electron chi connectivity index (χ0n) is 12.4. The van der Waals surface area contributed by atoms with E-state index in [4.69, 9.17) is 0 Å². The van der Waals surface area contributed by atoms with Crippen LogP contribution in [0.5, 0.6) is 0 Å². The molecule has 0 atom stereocenters. The number of fused-ring (bicyclic) bond motifs is 1. The van der Waals surface area contributed by atoms with Crippen LogP contribution in [0.4, 0.5) is 0 Å². The molecule has 1 fully saturated rings. The smallest absolute Gasteiger partial charge is 0.267 e. The highest BCUT2D eigenvalue weighted by Gasteiger charge is 2.20. The van der Waals surface area contributed by atoms with E-state index in [0.29, 0.717) is 16.6 Å². The summed E-state index contributed by atoms with van der Waals surface area (Å²) in [5, 5.41) is 12.9. The largest absolute Gasteiger partial charge is 0.275 e. The van der Waals surface area contributed by atoms with Gasteiger partial charge in [-0.05, 0) is 12.8 Å². The van der Waals surface area contributed by atoms with Crippen molar-refractivity contribution < 1.29 is 0 Å². The molecule has 0 bridgehead atoms. The van der Waals surface area contributed by atoms with Crippen molar-refractivity contribution in [1.29, 1.82) is 0 Å². The molecule has 23 heavy (non-hydrogen) atoms. The molecular formula is C14H16N6OS2. The van der Waals surface area contributed by atoms with E-state index in [1.807, 2.05) is 0 Å². The minimum atomic E-state index is -0.110. The molecule has 1 N–H and O–H groups in total. The number of nitrogens with zero attached hydrogens (tertiary/aromatic N) is 5. The molecule has 1 aliphatic rings. The Balaban J connectivity index is 1.60. The number of hydrogen-bond donors (Lipinski definition) is 1. The van der Waals surface area contributed by atoms with Crippen LogP contribution in [-0.4, -0.2) is 29.8 Å². The topological polar surface area (TPSA) is 88.8 Å². The Morgan fingerprint density at radius 1 is 1.35 bits per heavy atom. The van der Waals surface area contributed by atoms with Crippen LogP contribution in [0.2, 0.25) is 0 Å². The third kappa shape index (κ3) is 3.16. The molecule has 3 aromatic rings. The van der Waals surface area contributed by atoms with Gasteiger partial charge in [0.1, 0.15) is 11.3 Å². The van der Waals surface area contributed by atoms with Crippen LogP contribution in [-0.2, 0) is 5.75 Å². The molecule has 0 radical (unpaired) electrons. The Bertz CT molecular complexity index is 850. The summed E-state index contributed by atoms with van der Waals surface area (Å²) < 4.78 is 1.44. The minimum absolute atomic E-state index is 0.110. The molecule has 4 rings (SSSR count). The summed E-state index contributed by atoms with van der Waals surface area (Å²) in [6.07, 6.45) is 7.62. The van der Waals surface area contributed by atoms with Gasteiger partial charge in [-0.1, -0.05) is 42.4 Å². The van der Waals surface area contributed by atoms with E-state index >= 15 is 0 Å². The maximum Gasteiger partial charge on any atom is 0.275 e. The van der Waals surface area contributed by atoms with Gasteiger partial charge < -0.3 is 0 Å². The van der Waals surface area contributed by atoms with Crippen LogP contribution in [0.25, 0.3) is 4.96 Å². The Labute approximate surface area is 140 Å². The number of aromatic amines is 1. The SMILES string of the molecule is O=c1cc(CSc2ncn[nH]2)nc2sc(C3CCCCC3)nn12. The van der Waals surface area contributed by atoms with E-state index in [0.717, 1.165) is 15.9 Å². The number of H-pyrrole nitrogens is 1. The monoisotopic (exact) mass is 348 g/mol. The molecule has 3 aromatic heterocycles. The quantitative estimate of drug-likeness (QED) is 0.729. The average Bonchev–Trinajstić information content (AvgIpc) is 3.23. The Morgan fingerprint density at radius 3 is 3.00 bits per heavy atom. The molecule has 3 heterocycles. The lowest BCUT2D eigenvalue weighted by molar-refractivity contribution is 0.439. The second kappa shape index (κ2) is 6.40. The maximum atomic E-state index is 12.3. The molecule has 0 unspecified atom stereocenters. The predicted molar refractivity (Wildman–Crippen MR) is 88.9 cm³/mol. The first-order chi connectivity index (χ1) is 11.3. The maximum absolute atomic E-state index is 12.3. The Morgan fingerprint density at radius 2 is 2.22 bits per heavy atom. The van der Waals surface area contributed by atoms with Crippen LogP contribution in [0, 0.1) is 0 Å². The van der Waals surface area contributed by atoms with Crippen molar-refractivity contribution in [3.8, 4) is 0 Å². The highest BCUT2D eigenvalue weighted by atomic mass is 32.2. The number of hydrogen-bond acceptors (Lipinski definition) is 7. The van der Waals surface area contributed by atoms with Gasteiger partial charge >= 0.3 is 0 Å². The number of rotatable bonds is 4. The minimum Gasteiger partial charge on any atom is -0.267 e. The Kier molecular flexibility index (Phi) is 4.13. The summed E-state index contributed by atoms with van der Waals surface area (Å²) in [7, 11) is 0. The highest BCUT2D eigenvalue weighted by Crippen LogP contribution is 2.34. The summed E-state index contributed by atoms with van der Waals surface area (Å²) in [6, 6.07) is 1.56. The van der Waals surface area contributed by atoms with Gasteiger partial charge in [-0.25, -0.2) is 9.97 Å². The lowest BCUT2D eigenvalue weighted by Crippen LogP contribution is -2.15. The zero-order valence-corrected chi connectivity index (χ0v) is 14.1. The molecule has 120 valence electrons. The zero-order chi connectivity index (χ0) is 15.6. The summed E-state index contributed by atoms with van der Waals surface area (Å²) in [6.45, 7) is 0. The normalized spacial score (nSPS) is 16.2. The van der Waals surface area contributed by atoms with Crippen LogP contribution in [0.1, 0.15) is 48.7 Å². The molecule has 0 spiro atoms. The molecule has 0 saturated heterocycles. The Hall–Kier alpha value is -1.74. The van der Waals surface area contributed by atoms with Crippen molar-refractivity contribution in [3.63, 3.8) is 0 Å². The van der Waals surface area contributed by atoms with Gasteiger partial charge in [0.25, 0.3) is 5.56 Å². The molecule has 9 heteroatoms. The van der Waals surface area contributed by atoms with Gasteiger partial charge in [-0.15, -0.1) is 0 Å². The molecule has 0 amide bonds. The van der Waals surface area contributed by atoms with Crippen LogP contribution in [0.15, 0.2) is 22.3 Å². The van der Waals surface area contributed by atoms with Gasteiger partial charge in [-0.3, -0.25) is 9.89 Å². The van der Waals surface area contributed by atoms with E-state index in [9.17, 15) is 4.79 Å². The second-order valence-corrected chi connectivity index (χ2v) is 7.59. The highest BCUT2D eigenvalue weighted by molar-refractivity contribution is 7.98. The van der Waals surface area contributed by atoms with E-state index < -0.39 is 0 Å². The summed E-state index contributed by atoms with van der Waals surface area (Å²) in [4.78, 5) is 21.6. The molecule has 0 aromatic carbocycles. The fourth-order valence-electron chi connectivity index (χ4n) is 2.87. The van der Waals surface area contributed by atoms with Crippen LogP contribution < -0.4 is 5.56 Å². The number of nitrogens with one attached hydrogen (secondary N) is 1. The second-order valence-electron chi connectivity index (χ2n) is 5.63. The lowest BCUT2D eigenvalue weighted by atomic mass is 9.90. The number of thioether (sulfide) groups is 1. The summed E-state index contributed by atoms with van der Waals surface area (Å²) >= 11 is 3.03. The van der Waals surface area contributed by atoms with Gasteiger partial charge in [-0.2, -0.15) is 14.7 Å². The van der Waals surface area contributed by atoms with Crippen molar-refractivity contribution in [1.82, 2.24) is 29.8 Å². The van der Waals surface area contributed by atoms with Crippen molar-refractivity contribution in [3.05, 3.63) is 33.4 Å². The first-order valence-electron chi connectivity index (χ1n) is 7.67. The average molecular weight is 348 g/mol. The van der Waals surface area contributed by atoms with Crippen molar-refractivity contribution in [2.45, 2.75) is 48.9 Å². The molecular weight excluding hydrogens is 332 g/mol. The predicted octanol–water partition coefficient (Wildman–Crippen LogP) is 2.61. The van der Waals surface area contributed by atoms with Gasteiger partial charge in [0.05, 0.1) is 5.69 Å². The molecule has 7 nitrogen and oxygen atoms in total. The third-order valence-corrected chi connectivity index (χ3v) is 6.00. The first kappa shape index (κ1) is 14.8. The van der Waals surface area contributed by atoms with Crippen molar-refractivity contribution in [2.24, 2.45) is 0 Å². The van der Waals surface area contributed by atoms with Crippen molar-refractivity contribution in [2.75, 3.05) is 0 Å². The van der Waals surface area contributed by atoms with Crippen LogP contribution in [0.3, 0.4) is 0 Å². The van der Waals surface area contributed by atoms with E-state index in [1.54, 1.807) is 17.4 Å². The molecule has 0 aliphatic heterocycles. The summed E-state index contributed by atoms with van der Waals surface area (Å²) in [5.41, 5.74) is 0.636. The lowest BCUT2D eigenvalue weighted by Gasteiger charge is -2.18.